The second-order valence-electron chi connectivity index (χ2n) is 4.62. The molecule has 0 aliphatic carbocycles. The van der Waals surface area contributed by atoms with Crippen LogP contribution in [0.5, 0.6) is 5.75 Å². The molecular weight excluding hydrogens is 293 g/mol. The minimum absolute atomic E-state index is 0.564. The Morgan fingerprint density at radius 3 is 2.35 bits per heavy atom. The summed E-state index contributed by atoms with van der Waals surface area (Å²) in [6, 6.07) is 11.5. The fourth-order valence-corrected chi connectivity index (χ4v) is 2.60. The molecule has 20 heavy (non-hydrogen) atoms. The Kier molecular flexibility index (Phi) is 5.16. The summed E-state index contributed by atoms with van der Waals surface area (Å²) in [6.45, 7) is 5.24. The lowest BCUT2D eigenvalue weighted by molar-refractivity contribution is 0.328. The first-order chi connectivity index (χ1) is 9.58. The lowest BCUT2D eigenvalue weighted by Crippen LogP contribution is -2.12. The summed E-state index contributed by atoms with van der Waals surface area (Å²) >= 11 is 12.1. The zero-order chi connectivity index (χ0) is 14.5. The van der Waals surface area contributed by atoms with Crippen molar-refractivity contribution in [1.82, 2.24) is 0 Å². The van der Waals surface area contributed by atoms with E-state index >= 15 is 0 Å². The highest BCUT2D eigenvalue weighted by Crippen LogP contribution is 2.27. The average Bonchev–Trinajstić information content (AvgIpc) is 2.38. The van der Waals surface area contributed by atoms with Gasteiger partial charge in [-0.1, -0.05) is 35.3 Å². The molecule has 0 atom stereocenters. The van der Waals surface area contributed by atoms with Gasteiger partial charge < -0.3 is 10.1 Å². The van der Waals surface area contributed by atoms with Gasteiger partial charge in [0.05, 0.1) is 10.7 Å². The minimum Gasteiger partial charge on any atom is -0.491 e. The molecule has 0 aliphatic heterocycles. The third-order valence-electron chi connectivity index (χ3n) is 2.96. The molecule has 0 spiro atoms. The normalized spacial score (nSPS) is 10.4. The summed E-state index contributed by atoms with van der Waals surface area (Å²) in [6.07, 6.45) is 0. The van der Waals surface area contributed by atoms with E-state index in [1.165, 1.54) is 0 Å². The lowest BCUT2D eigenvalue weighted by Gasteiger charge is -2.14. The fourth-order valence-electron chi connectivity index (χ4n) is 2.07. The first kappa shape index (κ1) is 15.0. The largest absolute Gasteiger partial charge is 0.491 e. The number of para-hydroxylation sites is 1. The van der Waals surface area contributed by atoms with Crippen LogP contribution >= 0.6 is 23.2 Å². The highest BCUT2D eigenvalue weighted by atomic mass is 35.5. The summed E-state index contributed by atoms with van der Waals surface area (Å²) < 4.78 is 5.82. The zero-order valence-corrected chi connectivity index (χ0v) is 13.1. The number of aryl methyl sites for hydroxylation is 2. The Labute approximate surface area is 129 Å². The van der Waals surface area contributed by atoms with Crippen molar-refractivity contribution in [1.29, 1.82) is 0 Å². The van der Waals surface area contributed by atoms with Gasteiger partial charge in [-0.05, 0) is 49.2 Å². The average molecular weight is 310 g/mol. The van der Waals surface area contributed by atoms with Crippen molar-refractivity contribution in [2.75, 3.05) is 18.5 Å². The third kappa shape index (κ3) is 3.81. The smallest absolute Gasteiger partial charge is 0.125 e. The first-order valence-corrected chi connectivity index (χ1v) is 7.21. The van der Waals surface area contributed by atoms with Gasteiger partial charge in [-0.2, -0.15) is 0 Å². The molecule has 0 radical (unpaired) electrons. The maximum atomic E-state index is 6.07. The van der Waals surface area contributed by atoms with E-state index in [0.717, 1.165) is 27.6 Å². The molecule has 106 valence electrons. The number of anilines is 1. The molecule has 2 nitrogen and oxygen atoms in total. The standard InChI is InChI=1S/C16H17Cl2NO/c1-11-9-13(17)10-12(2)16(11)20-8-7-19-15-6-4-3-5-14(15)18/h3-6,9-10,19H,7-8H2,1-2H3. The summed E-state index contributed by atoms with van der Waals surface area (Å²) in [7, 11) is 0. The van der Waals surface area contributed by atoms with Crippen LogP contribution in [0.1, 0.15) is 11.1 Å². The zero-order valence-electron chi connectivity index (χ0n) is 11.5. The van der Waals surface area contributed by atoms with Gasteiger partial charge in [-0.15, -0.1) is 0 Å². The van der Waals surface area contributed by atoms with Gasteiger partial charge in [-0.3, -0.25) is 0 Å². The van der Waals surface area contributed by atoms with Crippen LogP contribution in [-0.4, -0.2) is 13.2 Å². The van der Waals surface area contributed by atoms with Gasteiger partial charge in [-0.25, -0.2) is 0 Å². The van der Waals surface area contributed by atoms with Crippen molar-refractivity contribution in [2.45, 2.75) is 13.8 Å². The van der Waals surface area contributed by atoms with Crippen LogP contribution < -0.4 is 10.1 Å². The maximum absolute atomic E-state index is 6.07. The number of hydrogen-bond acceptors (Lipinski definition) is 2. The molecule has 4 heteroatoms. The van der Waals surface area contributed by atoms with Crippen LogP contribution in [0.2, 0.25) is 10.0 Å². The van der Waals surface area contributed by atoms with E-state index < -0.39 is 0 Å². The van der Waals surface area contributed by atoms with Gasteiger partial charge in [0.2, 0.25) is 0 Å². The third-order valence-corrected chi connectivity index (χ3v) is 3.51. The van der Waals surface area contributed by atoms with Crippen LogP contribution in [0.3, 0.4) is 0 Å². The van der Waals surface area contributed by atoms with E-state index in [0.29, 0.717) is 18.2 Å². The summed E-state index contributed by atoms with van der Waals surface area (Å²) in [4.78, 5) is 0. The molecule has 0 heterocycles. The number of halogens is 2. The molecule has 0 fully saturated rings. The molecule has 2 aromatic rings. The van der Waals surface area contributed by atoms with Crippen molar-refractivity contribution in [2.24, 2.45) is 0 Å². The van der Waals surface area contributed by atoms with Crippen molar-refractivity contribution in [3.05, 3.63) is 57.6 Å². The lowest BCUT2D eigenvalue weighted by atomic mass is 10.1. The SMILES string of the molecule is Cc1cc(Cl)cc(C)c1OCCNc1ccccc1Cl. The number of ether oxygens (including phenoxy) is 1. The molecule has 2 rings (SSSR count). The van der Waals surface area contributed by atoms with Gasteiger partial charge in [0.25, 0.3) is 0 Å². The van der Waals surface area contributed by atoms with E-state index in [9.17, 15) is 0 Å². The summed E-state index contributed by atoms with van der Waals surface area (Å²) in [5.74, 6) is 0.898. The maximum Gasteiger partial charge on any atom is 0.125 e. The van der Waals surface area contributed by atoms with Gasteiger partial charge >= 0.3 is 0 Å². The predicted molar refractivity (Wildman–Crippen MR) is 86.4 cm³/mol. The van der Waals surface area contributed by atoms with Crippen molar-refractivity contribution < 1.29 is 4.74 Å². The van der Waals surface area contributed by atoms with E-state index in [4.69, 9.17) is 27.9 Å². The van der Waals surface area contributed by atoms with Gasteiger partial charge in [0, 0.05) is 11.6 Å². The highest BCUT2D eigenvalue weighted by molar-refractivity contribution is 6.33. The number of hydrogen-bond donors (Lipinski definition) is 1. The second-order valence-corrected chi connectivity index (χ2v) is 5.47. The molecule has 1 N–H and O–H groups in total. The Bertz CT molecular complexity index is 576. The van der Waals surface area contributed by atoms with Crippen molar-refractivity contribution in [3.8, 4) is 5.75 Å². The Morgan fingerprint density at radius 1 is 1.05 bits per heavy atom. The molecule has 0 saturated carbocycles. The number of rotatable bonds is 5. The quantitative estimate of drug-likeness (QED) is 0.776. The molecule has 0 saturated heterocycles. The summed E-state index contributed by atoms with van der Waals surface area (Å²) in [5, 5.41) is 4.70. The number of benzene rings is 2. The monoisotopic (exact) mass is 309 g/mol. The molecule has 0 amide bonds. The van der Waals surface area contributed by atoms with E-state index in [2.05, 4.69) is 5.32 Å². The van der Waals surface area contributed by atoms with E-state index in [-0.39, 0.29) is 0 Å². The molecule has 0 aliphatic rings. The molecular formula is C16H17Cl2NO. The Hall–Kier alpha value is -1.38. The Balaban J connectivity index is 1.90. The molecule has 0 unspecified atom stereocenters. The fraction of sp³-hybridized carbons (Fsp3) is 0.250. The van der Waals surface area contributed by atoms with Crippen LogP contribution in [0.15, 0.2) is 36.4 Å². The van der Waals surface area contributed by atoms with Crippen LogP contribution in [0, 0.1) is 13.8 Å². The predicted octanol–water partition coefficient (Wildman–Crippen LogP) is 5.10. The molecule has 2 aromatic carbocycles. The van der Waals surface area contributed by atoms with Crippen LogP contribution in [0.25, 0.3) is 0 Å². The van der Waals surface area contributed by atoms with Gasteiger partial charge in [0.1, 0.15) is 12.4 Å². The van der Waals surface area contributed by atoms with Gasteiger partial charge in [0.15, 0.2) is 0 Å². The van der Waals surface area contributed by atoms with Crippen molar-refractivity contribution in [3.63, 3.8) is 0 Å². The highest BCUT2D eigenvalue weighted by Gasteiger charge is 2.05. The summed E-state index contributed by atoms with van der Waals surface area (Å²) in [5.41, 5.74) is 3.02. The van der Waals surface area contributed by atoms with E-state index in [1.54, 1.807) is 0 Å². The molecule has 0 bridgehead atoms. The van der Waals surface area contributed by atoms with Crippen molar-refractivity contribution >= 4 is 28.9 Å². The topological polar surface area (TPSA) is 21.3 Å². The molecule has 0 aromatic heterocycles. The Morgan fingerprint density at radius 2 is 1.70 bits per heavy atom. The second kappa shape index (κ2) is 6.87. The van der Waals surface area contributed by atoms with Crippen LogP contribution in [0.4, 0.5) is 5.69 Å². The number of nitrogens with one attached hydrogen (secondary N) is 1. The van der Waals surface area contributed by atoms with Crippen LogP contribution in [-0.2, 0) is 0 Å². The van der Waals surface area contributed by atoms with E-state index in [1.807, 2.05) is 50.2 Å². The first-order valence-electron chi connectivity index (χ1n) is 6.46. The minimum atomic E-state index is 0.564.